The summed E-state index contributed by atoms with van der Waals surface area (Å²) in [7, 11) is -2.06. The van der Waals surface area contributed by atoms with Crippen molar-refractivity contribution in [2.45, 2.75) is 71.1 Å². The van der Waals surface area contributed by atoms with E-state index in [0.717, 1.165) is 49.0 Å². The normalized spacial score (nSPS) is 37.7. The number of hydrogen-bond donors (Lipinski definition) is 0. The highest BCUT2D eigenvalue weighted by Gasteiger charge is 2.59. The Kier molecular flexibility index (Phi) is 5.83. The maximum Gasteiger partial charge on any atom is 0.282 e. The number of allylic oxidation sites excluding steroid dienone is 5. The summed E-state index contributed by atoms with van der Waals surface area (Å²) in [5.74, 6) is 3.09. The first kappa shape index (κ1) is 24.4. The highest BCUT2D eigenvalue weighted by Crippen LogP contribution is 2.67. The molecule has 2 saturated carbocycles. The first-order valence-corrected chi connectivity index (χ1v) is 14.4. The zero-order valence-corrected chi connectivity index (χ0v) is 22.4. The topological polar surface area (TPSA) is 47.7 Å². The highest BCUT2D eigenvalue weighted by atomic mass is 32.2. The van der Waals surface area contributed by atoms with Gasteiger partial charge in [-0.2, -0.15) is 0 Å². The Morgan fingerprint density at radius 3 is 2.51 bits per heavy atom. The van der Waals surface area contributed by atoms with Crippen molar-refractivity contribution in [2.75, 3.05) is 7.11 Å². The minimum absolute atomic E-state index is 0.0123. The minimum Gasteiger partial charge on any atom is -0.501 e. The largest absolute Gasteiger partial charge is 0.501 e. The molecular formula is C30H37NO3S. The van der Waals surface area contributed by atoms with Gasteiger partial charge in [-0.05, 0) is 103 Å². The molecule has 0 saturated heterocycles. The summed E-state index contributed by atoms with van der Waals surface area (Å²) < 4.78 is 32.8. The molecule has 0 spiro atoms. The molecule has 0 aliphatic heterocycles. The molecule has 0 bridgehead atoms. The summed E-state index contributed by atoms with van der Waals surface area (Å²) in [6, 6.07) is 6.90. The van der Waals surface area contributed by atoms with E-state index < -0.39 is 9.84 Å². The third kappa shape index (κ3) is 3.47. The van der Waals surface area contributed by atoms with Crippen LogP contribution in [0.3, 0.4) is 0 Å². The number of rotatable bonds is 3. The van der Waals surface area contributed by atoms with E-state index in [4.69, 9.17) is 11.3 Å². The van der Waals surface area contributed by atoms with Crippen molar-refractivity contribution in [1.82, 2.24) is 0 Å². The lowest BCUT2D eigenvalue weighted by molar-refractivity contribution is -0.0289. The van der Waals surface area contributed by atoms with E-state index in [1.54, 1.807) is 19.2 Å². The number of sulfone groups is 1. The molecule has 5 rings (SSSR count). The summed E-state index contributed by atoms with van der Waals surface area (Å²) in [4.78, 5) is 3.93. The van der Waals surface area contributed by atoms with Crippen LogP contribution < -0.4 is 0 Å². The van der Waals surface area contributed by atoms with Crippen LogP contribution in [0.4, 0.5) is 0 Å². The van der Waals surface area contributed by atoms with E-state index in [9.17, 15) is 8.42 Å². The molecule has 0 radical (unpaired) electrons. The molecule has 0 heterocycles. The number of ether oxygens (including phenoxy) is 1. The standard InChI is InChI=1S/C30H37NO3S/c1-19-7-10-23(11-8-19)35(32,33)28(31-5)27-14-13-25-24-12-9-21-18-22(34-6)17-20(2)30(21,4)26(24)15-16-29(25,27)3/h7-11,18,20,24-26H,12-17H2,1-4,6H3/b28-27-/t20-,24-,25-,26-,29-,30-/m0/s1. The van der Waals surface area contributed by atoms with Crippen LogP contribution in [-0.2, 0) is 14.6 Å². The van der Waals surface area contributed by atoms with Gasteiger partial charge in [-0.1, -0.05) is 44.5 Å². The van der Waals surface area contributed by atoms with E-state index in [2.05, 4.69) is 37.8 Å². The van der Waals surface area contributed by atoms with Gasteiger partial charge in [0.15, 0.2) is 0 Å². The Morgan fingerprint density at radius 1 is 1.14 bits per heavy atom. The van der Waals surface area contributed by atoms with Gasteiger partial charge >= 0.3 is 0 Å². The van der Waals surface area contributed by atoms with E-state index >= 15 is 0 Å². The van der Waals surface area contributed by atoms with Crippen LogP contribution in [0, 0.1) is 48.0 Å². The quantitative estimate of drug-likeness (QED) is 0.418. The van der Waals surface area contributed by atoms with Gasteiger partial charge in [0.1, 0.15) is 0 Å². The summed E-state index contributed by atoms with van der Waals surface area (Å²) in [5, 5.41) is -0.0123. The van der Waals surface area contributed by atoms with Crippen molar-refractivity contribution in [3.8, 4) is 0 Å². The lowest BCUT2D eigenvalue weighted by atomic mass is 9.46. The maximum absolute atomic E-state index is 13.6. The lowest BCUT2D eigenvalue weighted by Crippen LogP contribution is -2.50. The van der Waals surface area contributed by atoms with Gasteiger partial charge in [0, 0.05) is 6.42 Å². The molecule has 4 aliphatic carbocycles. The fourth-order valence-electron chi connectivity index (χ4n) is 8.09. The zero-order valence-electron chi connectivity index (χ0n) is 21.6. The Bertz CT molecular complexity index is 1280. The van der Waals surface area contributed by atoms with Crippen molar-refractivity contribution in [3.63, 3.8) is 0 Å². The first-order valence-electron chi connectivity index (χ1n) is 13.0. The third-order valence-corrected chi connectivity index (χ3v) is 12.0. The first-order chi connectivity index (χ1) is 16.6. The molecule has 0 aromatic heterocycles. The van der Waals surface area contributed by atoms with Gasteiger partial charge in [-0.3, -0.25) is 0 Å². The van der Waals surface area contributed by atoms with Crippen LogP contribution in [0.2, 0.25) is 0 Å². The van der Waals surface area contributed by atoms with E-state index in [1.165, 1.54) is 5.57 Å². The summed E-state index contributed by atoms with van der Waals surface area (Å²) in [6.07, 6.45) is 10.4. The molecule has 2 fully saturated rings. The SMILES string of the molecule is [C-]#[N+]/C(=C1\CC[C@H]2[C@@H]3CC=C4C=C(OC)C[C@H](C)[C@]4(C)[C@H]3CC[C@]12C)S(=O)(=O)c1ccc(C)cc1. The molecule has 4 aliphatic rings. The van der Waals surface area contributed by atoms with Gasteiger partial charge < -0.3 is 4.74 Å². The molecule has 0 amide bonds. The second-order valence-corrected chi connectivity index (χ2v) is 13.5. The number of fused-ring (bicyclic) bond motifs is 5. The average Bonchev–Trinajstić information content (AvgIpc) is 3.17. The average molecular weight is 492 g/mol. The summed E-state index contributed by atoms with van der Waals surface area (Å²) in [5.41, 5.74) is 3.21. The van der Waals surface area contributed by atoms with E-state index in [1.807, 2.05) is 19.1 Å². The number of aryl methyl sites for hydroxylation is 1. The maximum atomic E-state index is 13.6. The Morgan fingerprint density at radius 2 is 1.86 bits per heavy atom. The van der Waals surface area contributed by atoms with Crippen molar-refractivity contribution in [1.29, 1.82) is 0 Å². The van der Waals surface area contributed by atoms with Crippen LogP contribution in [0.5, 0.6) is 0 Å². The smallest absolute Gasteiger partial charge is 0.282 e. The highest BCUT2D eigenvalue weighted by molar-refractivity contribution is 7.95. The Hall–Kier alpha value is -2.32. The third-order valence-electron chi connectivity index (χ3n) is 10.3. The molecule has 5 heteroatoms. The molecule has 1 aromatic carbocycles. The minimum atomic E-state index is -3.83. The Balaban J connectivity index is 1.54. The van der Waals surface area contributed by atoms with Crippen LogP contribution >= 0.6 is 0 Å². The van der Waals surface area contributed by atoms with Gasteiger partial charge in [0.25, 0.3) is 5.03 Å². The Labute approximate surface area is 210 Å². The summed E-state index contributed by atoms with van der Waals surface area (Å²) in [6.45, 7) is 16.9. The molecule has 35 heavy (non-hydrogen) atoms. The number of nitrogens with zero attached hydrogens (tertiary/aromatic N) is 1. The lowest BCUT2D eigenvalue weighted by Gasteiger charge is -2.58. The van der Waals surface area contributed by atoms with Gasteiger partial charge in [-0.15, -0.1) is 0 Å². The molecule has 0 N–H and O–H groups in total. The molecule has 1 aromatic rings. The van der Waals surface area contributed by atoms with E-state index in [-0.39, 0.29) is 20.8 Å². The number of benzene rings is 1. The second kappa shape index (κ2) is 8.37. The van der Waals surface area contributed by atoms with Gasteiger partial charge in [0.05, 0.1) is 24.3 Å². The monoisotopic (exact) mass is 491 g/mol. The van der Waals surface area contributed by atoms with Crippen LogP contribution in [-0.4, -0.2) is 15.5 Å². The van der Waals surface area contributed by atoms with Crippen molar-refractivity contribution >= 4 is 9.84 Å². The van der Waals surface area contributed by atoms with Crippen molar-refractivity contribution < 1.29 is 13.2 Å². The molecule has 186 valence electrons. The summed E-state index contributed by atoms with van der Waals surface area (Å²) >= 11 is 0. The van der Waals surface area contributed by atoms with Gasteiger partial charge in [-0.25, -0.2) is 13.3 Å². The predicted molar refractivity (Wildman–Crippen MR) is 139 cm³/mol. The van der Waals surface area contributed by atoms with Crippen LogP contribution in [0.15, 0.2) is 63.2 Å². The fourth-order valence-corrected chi connectivity index (χ4v) is 9.59. The van der Waals surface area contributed by atoms with E-state index in [0.29, 0.717) is 30.1 Å². The van der Waals surface area contributed by atoms with Gasteiger partial charge in [0.2, 0.25) is 9.84 Å². The number of methoxy groups -OCH3 is 1. The predicted octanol–water partition coefficient (Wildman–Crippen LogP) is 7.25. The van der Waals surface area contributed by atoms with Crippen molar-refractivity contribution in [2.24, 2.45) is 34.5 Å². The fraction of sp³-hybridized carbons (Fsp3) is 0.567. The zero-order chi connectivity index (χ0) is 25.2. The number of hydrogen-bond acceptors (Lipinski definition) is 3. The second-order valence-electron chi connectivity index (χ2n) is 11.7. The molecule has 4 nitrogen and oxygen atoms in total. The molecule has 6 atom stereocenters. The van der Waals surface area contributed by atoms with Crippen molar-refractivity contribution in [3.05, 3.63) is 75.3 Å². The van der Waals surface area contributed by atoms with Crippen LogP contribution in [0.1, 0.15) is 64.9 Å². The van der Waals surface area contributed by atoms with Crippen LogP contribution in [0.25, 0.3) is 4.85 Å². The molecular weight excluding hydrogens is 454 g/mol. The molecule has 0 unspecified atom stereocenters.